The van der Waals surface area contributed by atoms with Crippen molar-refractivity contribution < 1.29 is 14.6 Å². The molecule has 0 radical (unpaired) electrons. The van der Waals surface area contributed by atoms with Crippen LogP contribution < -0.4 is 10.1 Å². The number of nitrogens with one attached hydrogen (secondary N) is 1. The normalized spacial score (nSPS) is 21.3. The maximum Gasteiger partial charge on any atom is 0.352 e. The first-order valence-corrected chi connectivity index (χ1v) is 11.2. The number of ether oxygens (including phenoxy) is 1. The molecule has 31 heavy (non-hydrogen) atoms. The van der Waals surface area contributed by atoms with Crippen LogP contribution in [0, 0.1) is 11.8 Å². The number of nitrogens with zero attached hydrogens (tertiary/aromatic N) is 1. The third-order valence-electron chi connectivity index (χ3n) is 7.01. The van der Waals surface area contributed by atoms with E-state index in [2.05, 4.69) is 19.2 Å². The van der Waals surface area contributed by atoms with Crippen molar-refractivity contribution in [2.45, 2.75) is 52.2 Å². The zero-order valence-corrected chi connectivity index (χ0v) is 18.6. The summed E-state index contributed by atoms with van der Waals surface area (Å²) < 4.78 is 7.36. The van der Waals surface area contributed by atoms with Crippen LogP contribution in [0.15, 0.2) is 48.5 Å². The molecule has 1 aromatic heterocycles. The van der Waals surface area contributed by atoms with E-state index in [9.17, 15) is 9.90 Å². The van der Waals surface area contributed by atoms with Gasteiger partial charge in [0.25, 0.3) is 0 Å². The van der Waals surface area contributed by atoms with E-state index >= 15 is 0 Å². The molecule has 0 aliphatic heterocycles. The lowest BCUT2D eigenvalue weighted by Crippen LogP contribution is -2.40. The van der Waals surface area contributed by atoms with Gasteiger partial charge in [0.05, 0.1) is 12.6 Å². The topological polar surface area (TPSA) is 63.5 Å². The number of fused-ring (bicyclic) bond motifs is 1. The quantitative estimate of drug-likeness (QED) is 0.544. The van der Waals surface area contributed by atoms with Gasteiger partial charge in [0.1, 0.15) is 11.4 Å². The average Bonchev–Trinajstić information content (AvgIpc) is 3.08. The fourth-order valence-corrected chi connectivity index (χ4v) is 4.98. The molecule has 2 aromatic carbocycles. The molecule has 1 heterocycles. The molecule has 1 aliphatic rings. The zero-order chi connectivity index (χ0) is 22.0. The molecule has 0 bridgehead atoms. The molecular weight excluding hydrogens is 388 g/mol. The van der Waals surface area contributed by atoms with Crippen LogP contribution in [0.3, 0.4) is 0 Å². The second-order valence-electron chi connectivity index (χ2n) is 8.84. The first-order chi connectivity index (χ1) is 15.0. The van der Waals surface area contributed by atoms with Gasteiger partial charge in [-0.2, -0.15) is 0 Å². The number of rotatable bonds is 7. The highest BCUT2D eigenvalue weighted by molar-refractivity contribution is 5.98. The van der Waals surface area contributed by atoms with Crippen LogP contribution in [0.5, 0.6) is 5.75 Å². The molecule has 0 amide bonds. The highest BCUT2D eigenvalue weighted by Crippen LogP contribution is 2.33. The van der Waals surface area contributed by atoms with Gasteiger partial charge in [-0.05, 0) is 36.0 Å². The van der Waals surface area contributed by atoms with Gasteiger partial charge in [-0.1, -0.05) is 57.0 Å². The molecular formula is C26H32N2O3. The summed E-state index contributed by atoms with van der Waals surface area (Å²) in [7, 11) is 1.64. The zero-order valence-electron chi connectivity index (χ0n) is 18.6. The van der Waals surface area contributed by atoms with Crippen molar-refractivity contribution in [2.75, 3.05) is 7.11 Å². The molecule has 5 heteroatoms. The van der Waals surface area contributed by atoms with Crippen LogP contribution in [-0.4, -0.2) is 28.8 Å². The Morgan fingerprint density at radius 2 is 1.94 bits per heavy atom. The number of methoxy groups -OCH3 is 1. The maximum absolute atomic E-state index is 12.4. The standard InChI is InChI=1S/C26H32N2O3/c1-17-8-7-11-23(18(17)2)27-15-22-21-13-12-20(31-3)14-24(21)28(25(22)26(29)30)16-19-9-5-4-6-10-19/h4-6,9-10,12-14,17-18,23,27H,7-8,11,15-16H2,1-3H3,(H,29,30)/t17-,18+,23+/m0/s1. The smallest absolute Gasteiger partial charge is 0.352 e. The monoisotopic (exact) mass is 420 g/mol. The third kappa shape index (κ3) is 4.33. The summed E-state index contributed by atoms with van der Waals surface area (Å²) in [5, 5.41) is 14.9. The van der Waals surface area contributed by atoms with Crippen molar-refractivity contribution in [3.05, 3.63) is 65.4 Å². The molecule has 1 fully saturated rings. The maximum atomic E-state index is 12.4. The number of carbonyl (C=O) groups is 1. The Labute approximate surface area is 184 Å². The molecule has 3 atom stereocenters. The Morgan fingerprint density at radius 3 is 2.65 bits per heavy atom. The van der Waals surface area contributed by atoms with Crippen LogP contribution in [0.2, 0.25) is 0 Å². The number of hydrogen-bond acceptors (Lipinski definition) is 3. The van der Waals surface area contributed by atoms with Gasteiger partial charge in [0.2, 0.25) is 0 Å². The lowest BCUT2D eigenvalue weighted by molar-refractivity contribution is 0.0684. The van der Waals surface area contributed by atoms with Gasteiger partial charge >= 0.3 is 5.97 Å². The molecule has 2 N–H and O–H groups in total. The first kappa shape index (κ1) is 21.4. The van der Waals surface area contributed by atoms with Crippen molar-refractivity contribution in [3.63, 3.8) is 0 Å². The molecule has 0 saturated heterocycles. The number of carboxylic acids is 1. The van der Waals surface area contributed by atoms with E-state index in [4.69, 9.17) is 4.74 Å². The first-order valence-electron chi connectivity index (χ1n) is 11.2. The van der Waals surface area contributed by atoms with E-state index in [1.807, 2.05) is 53.1 Å². The second kappa shape index (κ2) is 9.15. The molecule has 0 unspecified atom stereocenters. The van der Waals surface area contributed by atoms with Crippen LogP contribution >= 0.6 is 0 Å². The van der Waals surface area contributed by atoms with E-state index in [-0.39, 0.29) is 0 Å². The Morgan fingerprint density at radius 1 is 1.16 bits per heavy atom. The van der Waals surface area contributed by atoms with Crippen molar-refractivity contribution in [3.8, 4) is 5.75 Å². The van der Waals surface area contributed by atoms with Gasteiger partial charge in [0, 0.05) is 36.1 Å². The Kier molecular flexibility index (Phi) is 6.33. The summed E-state index contributed by atoms with van der Waals surface area (Å²) in [4.78, 5) is 12.4. The Hall–Kier alpha value is -2.79. The summed E-state index contributed by atoms with van der Waals surface area (Å²) in [5.41, 5.74) is 3.17. The number of benzene rings is 2. The molecule has 4 rings (SSSR count). The number of aromatic carboxylic acids is 1. The molecule has 5 nitrogen and oxygen atoms in total. The minimum atomic E-state index is -0.895. The van der Waals surface area contributed by atoms with Crippen LogP contribution in [0.4, 0.5) is 0 Å². The third-order valence-corrected chi connectivity index (χ3v) is 7.01. The van der Waals surface area contributed by atoms with Crippen molar-refractivity contribution >= 4 is 16.9 Å². The lowest BCUT2D eigenvalue weighted by Gasteiger charge is -2.34. The van der Waals surface area contributed by atoms with Crippen molar-refractivity contribution in [1.29, 1.82) is 0 Å². The van der Waals surface area contributed by atoms with Crippen LogP contribution in [0.25, 0.3) is 10.9 Å². The summed E-state index contributed by atoms with van der Waals surface area (Å²) in [5.74, 6) is 1.10. The minimum absolute atomic E-state index is 0.358. The van der Waals surface area contributed by atoms with Crippen LogP contribution in [0.1, 0.15) is 54.7 Å². The van der Waals surface area contributed by atoms with E-state index in [0.717, 1.165) is 34.2 Å². The van der Waals surface area contributed by atoms with Crippen molar-refractivity contribution in [2.24, 2.45) is 11.8 Å². The molecule has 1 aliphatic carbocycles. The Bertz CT molecular complexity index is 1060. The Balaban J connectivity index is 1.76. The van der Waals surface area contributed by atoms with Crippen LogP contribution in [-0.2, 0) is 13.1 Å². The number of hydrogen-bond donors (Lipinski definition) is 2. The number of aromatic nitrogens is 1. The molecule has 0 spiro atoms. The van der Waals surface area contributed by atoms with E-state index < -0.39 is 5.97 Å². The van der Waals surface area contributed by atoms with E-state index in [0.29, 0.717) is 36.7 Å². The minimum Gasteiger partial charge on any atom is -0.497 e. The number of carboxylic acid groups (broad SMARTS) is 1. The summed E-state index contributed by atoms with van der Waals surface area (Å²) in [6, 6.07) is 16.3. The van der Waals surface area contributed by atoms with Gasteiger partial charge in [-0.25, -0.2) is 4.79 Å². The van der Waals surface area contributed by atoms with E-state index in [1.54, 1.807) is 7.11 Å². The predicted molar refractivity (Wildman–Crippen MR) is 124 cm³/mol. The summed E-state index contributed by atoms with van der Waals surface area (Å²) in [6.07, 6.45) is 3.64. The van der Waals surface area contributed by atoms with Gasteiger partial charge in [-0.3, -0.25) is 0 Å². The largest absolute Gasteiger partial charge is 0.497 e. The SMILES string of the molecule is COc1ccc2c(CN[C@@H]3CCC[C@H](C)[C@H]3C)c(C(=O)O)n(Cc3ccccc3)c2c1. The molecule has 3 aromatic rings. The fraction of sp³-hybridized carbons (Fsp3) is 0.423. The highest BCUT2D eigenvalue weighted by Gasteiger charge is 2.28. The summed E-state index contributed by atoms with van der Waals surface area (Å²) in [6.45, 7) is 5.68. The van der Waals surface area contributed by atoms with Gasteiger partial charge in [-0.15, -0.1) is 0 Å². The van der Waals surface area contributed by atoms with Crippen molar-refractivity contribution in [1.82, 2.24) is 9.88 Å². The predicted octanol–water partition coefficient (Wildman–Crippen LogP) is 5.31. The lowest BCUT2D eigenvalue weighted by atomic mass is 9.78. The molecule has 164 valence electrons. The van der Waals surface area contributed by atoms with Gasteiger partial charge < -0.3 is 19.7 Å². The van der Waals surface area contributed by atoms with Gasteiger partial charge in [0.15, 0.2) is 0 Å². The summed E-state index contributed by atoms with van der Waals surface area (Å²) >= 11 is 0. The fourth-order valence-electron chi connectivity index (χ4n) is 4.98. The van der Waals surface area contributed by atoms with E-state index in [1.165, 1.54) is 12.8 Å². The highest BCUT2D eigenvalue weighted by atomic mass is 16.5. The average molecular weight is 421 g/mol. The molecule has 1 saturated carbocycles. The second-order valence-corrected chi connectivity index (χ2v) is 8.84.